The van der Waals surface area contributed by atoms with Gasteiger partial charge in [-0.05, 0) is 18.2 Å². The highest BCUT2D eigenvalue weighted by Crippen LogP contribution is 2.24. The van der Waals surface area contributed by atoms with Gasteiger partial charge in [0.15, 0.2) is 5.78 Å². The monoisotopic (exact) mass is 255 g/mol. The van der Waals surface area contributed by atoms with E-state index in [0.29, 0.717) is 16.3 Å². The van der Waals surface area contributed by atoms with Crippen LogP contribution in [0.4, 0.5) is 0 Å². The second-order valence-corrected chi connectivity index (χ2v) is 3.88. The second-order valence-electron chi connectivity index (χ2n) is 3.44. The number of nitrogens with one attached hydrogen (secondary N) is 1. The topological polar surface area (TPSA) is 55.4 Å². The lowest BCUT2D eigenvalue weighted by Gasteiger charge is -2.07. The highest BCUT2D eigenvalue weighted by molar-refractivity contribution is 6.31. The van der Waals surface area contributed by atoms with Crippen molar-refractivity contribution in [1.82, 2.24) is 5.32 Å². The average molecular weight is 256 g/mol. The molecule has 0 spiro atoms. The molecule has 0 unspecified atom stereocenters. The molecule has 5 heteroatoms. The lowest BCUT2D eigenvalue weighted by Crippen LogP contribution is -2.18. The number of halogens is 1. The van der Waals surface area contributed by atoms with Crippen LogP contribution in [0.2, 0.25) is 5.02 Å². The summed E-state index contributed by atoms with van der Waals surface area (Å²) in [4.78, 5) is 22.9. The first kappa shape index (κ1) is 13.5. The normalized spacial score (nSPS) is 9.82. The maximum atomic E-state index is 11.9. The summed E-state index contributed by atoms with van der Waals surface area (Å²) in [5, 5.41) is 2.93. The average Bonchev–Trinajstić information content (AvgIpc) is 2.35. The van der Waals surface area contributed by atoms with Crippen molar-refractivity contribution in [3.05, 3.63) is 28.8 Å². The number of ketones is 1. The van der Waals surface area contributed by atoms with Crippen LogP contribution >= 0.6 is 11.6 Å². The van der Waals surface area contributed by atoms with E-state index in [-0.39, 0.29) is 24.5 Å². The smallest absolute Gasteiger partial charge is 0.220 e. The molecule has 0 heterocycles. The predicted octanol–water partition coefficient (Wildman–Crippen LogP) is 2.06. The number of rotatable bonds is 5. The van der Waals surface area contributed by atoms with Crippen LogP contribution in [0.5, 0.6) is 5.75 Å². The Balaban J connectivity index is 2.80. The van der Waals surface area contributed by atoms with Crippen molar-refractivity contribution in [3.63, 3.8) is 0 Å². The van der Waals surface area contributed by atoms with Crippen molar-refractivity contribution in [2.24, 2.45) is 0 Å². The Morgan fingerprint density at radius 3 is 2.65 bits per heavy atom. The van der Waals surface area contributed by atoms with Crippen molar-refractivity contribution in [2.45, 2.75) is 12.8 Å². The maximum Gasteiger partial charge on any atom is 0.220 e. The zero-order chi connectivity index (χ0) is 12.8. The van der Waals surface area contributed by atoms with Crippen LogP contribution in [0, 0.1) is 0 Å². The molecule has 0 radical (unpaired) electrons. The van der Waals surface area contributed by atoms with Crippen molar-refractivity contribution >= 4 is 23.3 Å². The molecule has 0 bridgehead atoms. The predicted molar refractivity (Wildman–Crippen MR) is 65.6 cm³/mol. The van der Waals surface area contributed by atoms with Gasteiger partial charge in [0.25, 0.3) is 0 Å². The van der Waals surface area contributed by atoms with E-state index in [1.54, 1.807) is 18.2 Å². The van der Waals surface area contributed by atoms with Crippen LogP contribution in [-0.4, -0.2) is 25.8 Å². The molecule has 0 aliphatic carbocycles. The van der Waals surface area contributed by atoms with Crippen molar-refractivity contribution in [2.75, 3.05) is 14.2 Å². The summed E-state index contributed by atoms with van der Waals surface area (Å²) < 4.78 is 5.07. The first-order chi connectivity index (χ1) is 8.08. The number of carbonyl (C=O) groups is 2. The molecule has 0 aliphatic heterocycles. The van der Waals surface area contributed by atoms with Crippen molar-refractivity contribution < 1.29 is 14.3 Å². The van der Waals surface area contributed by atoms with Gasteiger partial charge in [0.2, 0.25) is 5.91 Å². The van der Waals surface area contributed by atoms with Crippen LogP contribution in [0.1, 0.15) is 23.2 Å². The molecule has 1 aromatic carbocycles. The number of carbonyl (C=O) groups excluding carboxylic acids is 2. The zero-order valence-corrected chi connectivity index (χ0v) is 10.5. The van der Waals surface area contributed by atoms with Gasteiger partial charge in [0.05, 0.1) is 12.7 Å². The van der Waals surface area contributed by atoms with Crippen molar-refractivity contribution in [1.29, 1.82) is 0 Å². The van der Waals surface area contributed by atoms with E-state index in [0.717, 1.165) is 0 Å². The lowest BCUT2D eigenvalue weighted by molar-refractivity contribution is -0.120. The van der Waals surface area contributed by atoms with E-state index in [2.05, 4.69) is 5.32 Å². The summed E-state index contributed by atoms with van der Waals surface area (Å²) in [6.07, 6.45) is 0.293. The van der Waals surface area contributed by atoms with Gasteiger partial charge in [0.1, 0.15) is 5.75 Å². The molecule has 17 heavy (non-hydrogen) atoms. The Morgan fingerprint density at radius 2 is 2.06 bits per heavy atom. The fourth-order valence-corrected chi connectivity index (χ4v) is 1.56. The Labute approximate surface area is 105 Å². The number of benzene rings is 1. The minimum Gasteiger partial charge on any atom is -0.496 e. The molecule has 4 nitrogen and oxygen atoms in total. The molecule has 0 fully saturated rings. The summed E-state index contributed by atoms with van der Waals surface area (Å²) in [5.41, 5.74) is 0.406. The van der Waals surface area contributed by atoms with E-state index in [4.69, 9.17) is 16.3 Å². The quantitative estimate of drug-likeness (QED) is 0.820. The first-order valence-corrected chi connectivity index (χ1v) is 5.53. The second kappa shape index (κ2) is 6.25. The molecule has 1 amide bonds. The van der Waals surface area contributed by atoms with Crippen LogP contribution in [-0.2, 0) is 4.79 Å². The molecule has 0 saturated heterocycles. The van der Waals surface area contributed by atoms with Gasteiger partial charge < -0.3 is 10.1 Å². The fraction of sp³-hybridized carbons (Fsp3) is 0.333. The van der Waals surface area contributed by atoms with Crippen molar-refractivity contribution in [3.8, 4) is 5.75 Å². The third-order valence-corrected chi connectivity index (χ3v) is 2.55. The zero-order valence-electron chi connectivity index (χ0n) is 9.75. The van der Waals surface area contributed by atoms with Gasteiger partial charge in [-0.1, -0.05) is 11.6 Å². The molecule has 1 N–H and O–H groups in total. The van der Waals surface area contributed by atoms with E-state index in [9.17, 15) is 9.59 Å². The molecule has 0 atom stereocenters. The Kier molecular flexibility index (Phi) is 4.97. The van der Waals surface area contributed by atoms with Crippen LogP contribution in [0.3, 0.4) is 0 Å². The molecule has 0 saturated carbocycles. The van der Waals surface area contributed by atoms with Crippen LogP contribution in [0.15, 0.2) is 18.2 Å². The van der Waals surface area contributed by atoms with E-state index < -0.39 is 0 Å². The van der Waals surface area contributed by atoms with Gasteiger partial charge in [-0.2, -0.15) is 0 Å². The van der Waals surface area contributed by atoms with Gasteiger partial charge >= 0.3 is 0 Å². The molecule has 92 valence electrons. The third-order valence-electron chi connectivity index (χ3n) is 2.32. The SMILES string of the molecule is CNC(=O)CCC(=O)c1cc(Cl)ccc1OC. The largest absolute Gasteiger partial charge is 0.496 e. The Hall–Kier alpha value is -1.55. The lowest BCUT2D eigenvalue weighted by atomic mass is 10.1. The minimum absolute atomic E-state index is 0.135. The minimum atomic E-state index is -0.167. The van der Waals surface area contributed by atoms with Crippen LogP contribution < -0.4 is 10.1 Å². The van der Waals surface area contributed by atoms with E-state index in [1.807, 2.05) is 0 Å². The van der Waals surface area contributed by atoms with Gasteiger partial charge in [-0.15, -0.1) is 0 Å². The highest BCUT2D eigenvalue weighted by Gasteiger charge is 2.14. The summed E-state index contributed by atoms with van der Waals surface area (Å²) in [6.45, 7) is 0. The molecule has 1 aromatic rings. The van der Waals surface area contributed by atoms with E-state index >= 15 is 0 Å². The number of Topliss-reactive ketones (excluding diaryl/α,β-unsaturated/α-hetero) is 1. The van der Waals surface area contributed by atoms with E-state index in [1.165, 1.54) is 14.2 Å². The maximum absolute atomic E-state index is 11.9. The summed E-state index contributed by atoms with van der Waals surface area (Å²) >= 11 is 5.82. The number of hydrogen-bond acceptors (Lipinski definition) is 3. The number of methoxy groups -OCH3 is 1. The summed E-state index contributed by atoms with van der Waals surface area (Å²) in [5.74, 6) is 0.142. The Morgan fingerprint density at radius 1 is 1.35 bits per heavy atom. The van der Waals surface area contributed by atoms with Gasteiger partial charge in [-0.25, -0.2) is 0 Å². The number of ether oxygens (including phenoxy) is 1. The summed E-state index contributed by atoms with van der Waals surface area (Å²) in [6, 6.07) is 4.83. The number of hydrogen-bond donors (Lipinski definition) is 1. The van der Waals surface area contributed by atoms with Gasteiger partial charge in [-0.3, -0.25) is 9.59 Å². The standard InChI is InChI=1S/C12H14ClNO3/c1-14-12(16)6-4-10(15)9-7-8(13)3-5-11(9)17-2/h3,5,7H,4,6H2,1-2H3,(H,14,16). The number of amides is 1. The third kappa shape index (κ3) is 3.75. The van der Waals surface area contributed by atoms with Gasteiger partial charge in [0, 0.05) is 24.9 Å². The molecular formula is C12H14ClNO3. The molecular weight excluding hydrogens is 242 g/mol. The molecule has 0 aliphatic rings. The first-order valence-electron chi connectivity index (χ1n) is 5.15. The summed E-state index contributed by atoms with van der Waals surface area (Å²) in [7, 11) is 3.02. The van der Waals surface area contributed by atoms with Crippen LogP contribution in [0.25, 0.3) is 0 Å². The fourth-order valence-electron chi connectivity index (χ4n) is 1.38. The molecule has 0 aromatic heterocycles. The Bertz CT molecular complexity index is 432. The highest BCUT2D eigenvalue weighted by atomic mass is 35.5. The molecule has 1 rings (SSSR count).